The molecule has 0 aliphatic carbocycles. The third-order valence-corrected chi connectivity index (χ3v) is 2.54. The normalized spacial score (nSPS) is 10.5. The first-order valence-electron chi connectivity index (χ1n) is 4.44. The Balaban J connectivity index is 2.47. The quantitative estimate of drug-likeness (QED) is 0.701. The molecule has 0 N–H and O–H groups in total. The molecule has 0 amide bonds. The Bertz CT molecular complexity index is 460. The van der Waals surface area contributed by atoms with Gasteiger partial charge in [-0.2, -0.15) is 0 Å². The van der Waals surface area contributed by atoms with E-state index < -0.39 is 0 Å². The molecule has 0 saturated heterocycles. The Morgan fingerprint density at radius 1 is 1.36 bits per heavy atom. The molecule has 0 unspecified atom stereocenters. The van der Waals surface area contributed by atoms with Crippen molar-refractivity contribution in [3.05, 3.63) is 46.9 Å². The van der Waals surface area contributed by atoms with E-state index in [1.165, 1.54) is 5.56 Å². The van der Waals surface area contributed by atoms with Gasteiger partial charge in [0.1, 0.15) is 5.82 Å². The SMILES string of the molecule is Cc1ccn(-c2cc(Cl)c(C)cn2)c1. The van der Waals surface area contributed by atoms with Crippen LogP contribution in [0.4, 0.5) is 0 Å². The molecule has 2 nitrogen and oxygen atoms in total. The van der Waals surface area contributed by atoms with Crippen LogP contribution in [0.25, 0.3) is 5.82 Å². The van der Waals surface area contributed by atoms with Crippen LogP contribution in [-0.2, 0) is 0 Å². The molecule has 0 bridgehead atoms. The standard InChI is InChI=1S/C11H11ClN2/c1-8-3-4-14(7-8)11-5-10(12)9(2)6-13-11/h3-7H,1-2H3. The van der Waals surface area contributed by atoms with Crippen LogP contribution in [0, 0.1) is 13.8 Å². The number of halogens is 1. The van der Waals surface area contributed by atoms with Crippen LogP contribution in [0.15, 0.2) is 30.7 Å². The van der Waals surface area contributed by atoms with E-state index in [0.29, 0.717) is 0 Å². The number of aromatic nitrogens is 2. The first kappa shape index (κ1) is 9.28. The van der Waals surface area contributed by atoms with Crippen LogP contribution < -0.4 is 0 Å². The summed E-state index contributed by atoms with van der Waals surface area (Å²) in [7, 11) is 0. The van der Waals surface area contributed by atoms with Crippen molar-refractivity contribution < 1.29 is 0 Å². The first-order valence-corrected chi connectivity index (χ1v) is 4.82. The van der Waals surface area contributed by atoms with Crippen LogP contribution in [0.2, 0.25) is 5.02 Å². The summed E-state index contributed by atoms with van der Waals surface area (Å²) < 4.78 is 1.96. The van der Waals surface area contributed by atoms with Crippen LogP contribution in [-0.4, -0.2) is 9.55 Å². The van der Waals surface area contributed by atoms with Gasteiger partial charge in [0, 0.05) is 29.7 Å². The third kappa shape index (κ3) is 1.66. The van der Waals surface area contributed by atoms with Gasteiger partial charge in [-0.15, -0.1) is 0 Å². The molecular formula is C11H11ClN2. The lowest BCUT2D eigenvalue weighted by Gasteiger charge is -2.03. The van der Waals surface area contributed by atoms with Gasteiger partial charge in [-0.3, -0.25) is 0 Å². The number of aryl methyl sites for hydroxylation is 2. The second-order valence-corrected chi connectivity index (χ2v) is 3.80. The Labute approximate surface area is 88.2 Å². The Morgan fingerprint density at radius 2 is 2.14 bits per heavy atom. The summed E-state index contributed by atoms with van der Waals surface area (Å²) in [6, 6.07) is 3.91. The third-order valence-electron chi connectivity index (χ3n) is 2.13. The highest BCUT2D eigenvalue weighted by atomic mass is 35.5. The molecule has 0 spiro atoms. The largest absolute Gasteiger partial charge is 0.308 e. The van der Waals surface area contributed by atoms with Gasteiger partial charge in [-0.05, 0) is 31.0 Å². The van der Waals surface area contributed by atoms with Gasteiger partial charge in [-0.1, -0.05) is 11.6 Å². The van der Waals surface area contributed by atoms with E-state index in [0.717, 1.165) is 16.4 Å². The molecular weight excluding hydrogens is 196 g/mol. The van der Waals surface area contributed by atoms with Gasteiger partial charge >= 0.3 is 0 Å². The van der Waals surface area contributed by atoms with Crippen molar-refractivity contribution in [3.8, 4) is 5.82 Å². The smallest absolute Gasteiger partial charge is 0.138 e. The van der Waals surface area contributed by atoms with Gasteiger partial charge in [0.05, 0.1) is 0 Å². The predicted octanol–water partition coefficient (Wildman–Crippen LogP) is 3.14. The Morgan fingerprint density at radius 3 is 2.71 bits per heavy atom. The molecule has 72 valence electrons. The highest BCUT2D eigenvalue weighted by Crippen LogP contribution is 2.17. The summed E-state index contributed by atoms with van der Waals surface area (Å²) >= 11 is 6.02. The van der Waals surface area contributed by atoms with Crippen LogP contribution in [0.3, 0.4) is 0 Å². The number of pyridine rings is 1. The lowest BCUT2D eigenvalue weighted by atomic mass is 10.3. The summed E-state index contributed by atoms with van der Waals surface area (Å²) in [5.41, 5.74) is 2.21. The zero-order valence-electron chi connectivity index (χ0n) is 8.16. The minimum Gasteiger partial charge on any atom is -0.308 e. The summed E-state index contributed by atoms with van der Waals surface area (Å²) in [5, 5.41) is 0.751. The van der Waals surface area contributed by atoms with Crippen LogP contribution in [0.5, 0.6) is 0 Å². The van der Waals surface area contributed by atoms with Gasteiger partial charge in [0.2, 0.25) is 0 Å². The second kappa shape index (κ2) is 3.46. The van der Waals surface area contributed by atoms with Crippen molar-refractivity contribution in [2.24, 2.45) is 0 Å². The van der Waals surface area contributed by atoms with E-state index in [-0.39, 0.29) is 0 Å². The monoisotopic (exact) mass is 206 g/mol. The molecule has 0 aliphatic rings. The highest BCUT2D eigenvalue weighted by molar-refractivity contribution is 6.31. The first-order chi connectivity index (χ1) is 6.66. The van der Waals surface area contributed by atoms with Crippen LogP contribution >= 0.6 is 11.6 Å². The zero-order chi connectivity index (χ0) is 10.1. The lowest BCUT2D eigenvalue weighted by Crippen LogP contribution is -1.94. The summed E-state index contributed by atoms with van der Waals surface area (Å²) in [4.78, 5) is 4.30. The summed E-state index contributed by atoms with van der Waals surface area (Å²) in [6.45, 7) is 3.99. The second-order valence-electron chi connectivity index (χ2n) is 3.39. The van der Waals surface area contributed by atoms with E-state index in [9.17, 15) is 0 Å². The number of hydrogen-bond acceptors (Lipinski definition) is 1. The lowest BCUT2D eigenvalue weighted by molar-refractivity contribution is 0.999. The molecule has 2 aromatic heterocycles. The average molecular weight is 207 g/mol. The van der Waals surface area contributed by atoms with Gasteiger partial charge in [-0.25, -0.2) is 4.98 Å². The molecule has 0 fully saturated rings. The van der Waals surface area contributed by atoms with Gasteiger partial charge in [0.25, 0.3) is 0 Å². The fourth-order valence-electron chi connectivity index (χ4n) is 1.28. The predicted molar refractivity (Wildman–Crippen MR) is 58.0 cm³/mol. The summed E-state index contributed by atoms with van der Waals surface area (Å²) in [5.74, 6) is 0.855. The van der Waals surface area contributed by atoms with Crippen molar-refractivity contribution >= 4 is 11.6 Å². The minimum absolute atomic E-state index is 0.751. The maximum Gasteiger partial charge on any atom is 0.138 e. The fourth-order valence-corrected chi connectivity index (χ4v) is 1.42. The molecule has 0 radical (unpaired) electrons. The zero-order valence-corrected chi connectivity index (χ0v) is 8.92. The van der Waals surface area contributed by atoms with Crippen LogP contribution in [0.1, 0.15) is 11.1 Å². The number of rotatable bonds is 1. The Hall–Kier alpha value is -1.28. The minimum atomic E-state index is 0.751. The van der Waals surface area contributed by atoms with Gasteiger partial charge < -0.3 is 4.57 Å². The maximum absolute atomic E-state index is 6.02. The van der Waals surface area contributed by atoms with E-state index >= 15 is 0 Å². The van der Waals surface area contributed by atoms with Crippen molar-refractivity contribution in [3.63, 3.8) is 0 Å². The molecule has 14 heavy (non-hydrogen) atoms. The molecule has 3 heteroatoms. The van der Waals surface area contributed by atoms with Gasteiger partial charge in [0.15, 0.2) is 0 Å². The maximum atomic E-state index is 6.02. The highest BCUT2D eigenvalue weighted by Gasteiger charge is 2.01. The van der Waals surface area contributed by atoms with Crippen molar-refractivity contribution in [1.29, 1.82) is 0 Å². The fraction of sp³-hybridized carbons (Fsp3) is 0.182. The number of nitrogens with zero attached hydrogens (tertiary/aromatic N) is 2. The molecule has 2 aromatic rings. The van der Waals surface area contributed by atoms with Crippen molar-refractivity contribution in [1.82, 2.24) is 9.55 Å². The molecule has 0 aliphatic heterocycles. The number of hydrogen-bond donors (Lipinski definition) is 0. The van der Waals surface area contributed by atoms with E-state index in [1.54, 1.807) is 6.20 Å². The molecule has 0 atom stereocenters. The molecule has 2 rings (SSSR count). The Kier molecular flexibility index (Phi) is 2.30. The molecule has 0 aromatic carbocycles. The molecule has 2 heterocycles. The van der Waals surface area contributed by atoms with Crippen molar-refractivity contribution in [2.75, 3.05) is 0 Å². The molecule has 0 saturated carbocycles. The average Bonchev–Trinajstić information content (AvgIpc) is 2.57. The van der Waals surface area contributed by atoms with E-state index in [4.69, 9.17) is 11.6 Å². The summed E-state index contributed by atoms with van der Waals surface area (Å²) in [6.07, 6.45) is 5.78. The topological polar surface area (TPSA) is 17.8 Å². The van der Waals surface area contributed by atoms with Crippen molar-refractivity contribution in [2.45, 2.75) is 13.8 Å². The van der Waals surface area contributed by atoms with E-state index in [2.05, 4.69) is 4.98 Å². The van der Waals surface area contributed by atoms with E-state index in [1.807, 2.05) is 42.9 Å².